The van der Waals surface area contributed by atoms with Gasteiger partial charge in [-0.15, -0.1) is 12.3 Å². The van der Waals surface area contributed by atoms with Crippen molar-refractivity contribution in [1.29, 1.82) is 0 Å². The van der Waals surface area contributed by atoms with Crippen LogP contribution in [0.15, 0.2) is 46.7 Å². The van der Waals surface area contributed by atoms with Crippen LogP contribution in [-0.4, -0.2) is 11.6 Å². The largest absolute Gasteiger partial charge is 0.370 e. The molecule has 1 heterocycles. The first-order chi connectivity index (χ1) is 11.7. The van der Waals surface area contributed by atoms with E-state index in [1.54, 1.807) is 0 Å². The van der Waals surface area contributed by atoms with E-state index in [4.69, 9.17) is 12.2 Å². The smallest absolute Gasteiger partial charge is 0.217 e. The zero-order chi connectivity index (χ0) is 17.5. The summed E-state index contributed by atoms with van der Waals surface area (Å²) in [7, 11) is 0. The zero-order valence-electron chi connectivity index (χ0n) is 14.5. The number of hydrogen-bond donors (Lipinski definition) is 1. The van der Waals surface area contributed by atoms with Gasteiger partial charge in [-0.25, -0.2) is 0 Å². The number of nitrogens with two attached hydrogens (primary N) is 1. The second-order valence-electron chi connectivity index (χ2n) is 6.02. The maximum atomic E-state index is 10.6. The number of nitrogens with zero attached hydrogens (tertiary/aromatic N) is 2. The maximum Gasteiger partial charge on any atom is 0.217 e. The molecule has 2 N–H and O–H groups in total. The van der Waals surface area contributed by atoms with Crippen molar-refractivity contribution in [1.82, 2.24) is 0 Å². The Morgan fingerprint density at radius 2 is 1.58 bits per heavy atom. The van der Waals surface area contributed by atoms with Crippen LogP contribution in [0, 0.1) is 12.3 Å². The van der Waals surface area contributed by atoms with Crippen molar-refractivity contribution in [3.8, 4) is 12.3 Å². The summed E-state index contributed by atoms with van der Waals surface area (Å²) in [6.07, 6.45) is 27.1. The average Bonchev–Trinajstić information content (AvgIpc) is 3.32. The molecule has 0 aliphatic carbocycles. The second-order valence-corrected chi connectivity index (χ2v) is 6.02. The van der Waals surface area contributed by atoms with E-state index >= 15 is 0 Å². The molecule has 0 bridgehead atoms. The molecule has 4 heteroatoms. The quantitative estimate of drug-likeness (QED) is 0.277. The van der Waals surface area contributed by atoms with E-state index in [0.717, 1.165) is 57.8 Å². The number of carbonyl (C=O) groups excluding carboxylic acids is 1. The molecule has 0 saturated carbocycles. The molecule has 1 aliphatic rings. The minimum atomic E-state index is -0.224. The van der Waals surface area contributed by atoms with E-state index in [1.807, 2.05) is 0 Å². The summed E-state index contributed by atoms with van der Waals surface area (Å²) in [6, 6.07) is 0. The lowest BCUT2D eigenvalue weighted by Crippen LogP contribution is -2.09. The van der Waals surface area contributed by atoms with Crippen molar-refractivity contribution in [2.45, 2.75) is 69.9 Å². The molecule has 0 radical (unpaired) electrons. The number of rotatable bonds is 14. The van der Waals surface area contributed by atoms with E-state index in [0.29, 0.717) is 6.42 Å². The Hall–Kier alpha value is -2.15. The third kappa shape index (κ3) is 10.6. The molecular weight excluding hydrogens is 298 g/mol. The standard InChI is InChI=1S/C20H29N3O/c1-2-3-14-17-20(22-23-20)18-15-12-10-8-6-4-5-7-9-11-13-16-19(21)24/h1,4,6-7,9-10,12H,3,5,8,11,13-18H2,(H2,21,24)/b6-4-,9-7-,12-10-. The van der Waals surface area contributed by atoms with Crippen LogP contribution in [0.2, 0.25) is 0 Å². The highest BCUT2D eigenvalue weighted by molar-refractivity contribution is 5.73. The summed E-state index contributed by atoms with van der Waals surface area (Å²) >= 11 is 0. The van der Waals surface area contributed by atoms with Crippen molar-refractivity contribution in [2.75, 3.05) is 0 Å². The van der Waals surface area contributed by atoms with Gasteiger partial charge in [0.25, 0.3) is 0 Å². The van der Waals surface area contributed by atoms with Crippen LogP contribution < -0.4 is 5.73 Å². The Labute approximate surface area is 146 Å². The first kappa shape index (κ1) is 19.9. The molecule has 0 atom stereocenters. The first-order valence-electron chi connectivity index (χ1n) is 8.79. The second kappa shape index (κ2) is 12.3. The van der Waals surface area contributed by atoms with Gasteiger partial charge in [0.05, 0.1) is 0 Å². The van der Waals surface area contributed by atoms with Gasteiger partial charge in [0.15, 0.2) is 5.66 Å². The summed E-state index contributed by atoms with van der Waals surface area (Å²) in [5.41, 5.74) is 4.96. The number of allylic oxidation sites excluding steroid dienone is 6. The van der Waals surface area contributed by atoms with Crippen molar-refractivity contribution in [3.05, 3.63) is 36.5 Å². The van der Waals surface area contributed by atoms with Crippen LogP contribution in [0.5, 0.6) is 0 Å². The highest BCUT2D eigenvalue weighted by Crippen LogP contribution is 2.38. The van der Waals surface area contributed by atoms with Crippen LogP contribution >= 0.6 is 0 Å². The fourth-order valence-electron chi connectivity index (χ4n) is 2.36. The van der Waals surface area contributed by atoms with Gasteiger partial charge in [0, 0.05) is 12.8 Å². The maximum absolute atomic E-state index is 10.6. The van der Waals surface area contributed by atoms with Gasteiger partial charge in [0.1, 0.15) is 0 Å². The van der Waals surface area contributed by atoms with Crippen LogP contribution in [-0.2, 0) is 4.79 Å². The van der Waals surface area contributed by atoms with Gasteiger partial charge in [-0.2, -0.15) is 10.2 Å². The third-order valence-corrected chi connectivity index (χ3v) is 3.83. The molecule has 1 aliphatic heterocycles. The Morgan fingerprint density at radius 3 is 2.17 bits per heavy atom. The lowest BCUT2D eigenvalue weighted by molar-refractivity contribution is -0.118. The SMILES string of the molecule is C#CCCCC1(CC/C=C\C/C=C\C/C=C\CCCC(N)=O)N=N1. The normalized spacial score (nSPS) is 15.5. The molecule has 0 spiro atoms. The Morgan fingerprint density at radius 1 is 0.958 bits per heavy atom. The number of carbonyl (C=O) groups is 1. The molecule has 0 unspecified atom stereocenters. The minimum Gasteiger partial charge on any atom is -0.370 e. The number of unbranched alkanes of at least 4 members (excludes halogenated alkanes) is 2. The first-order valence-corrected chi connectivity index (χ1v) is 8.79. The van der Waals surface area contributed by atoms with Crippen LogP contribution in [0.4, 0.5) is 0 Å². The Bertz CT molecular complexity index is 517. The van der Waals surface area contributed by atoms with E-state index in [2.05, 4.69) is 52.6 Å². The minimum absolute atomic E-state index is 0.115. The summed E-state index contributed by atoms with van der Waals surface area (Å²) in [5, 5.41) is 8.36. The summed E-state index contributed by atoms with van der Waals surface area (Å²) in [4.78, 5) is 10.6. The molecule has 130 valence electrons. The summed E-state index contributed by atoms with van der Waals surface area (Å²) in [6.45, 7) is 0. The summed E-state index contributed by atoms with van der Waals surface area (Å²) < 4.78 is 0. The predicted molar refractivity (Wildman–Crippen MR) is 99.2 cm³/mol. The van der Waals surface area contributed by atoms with Gasteiger partial charge in [-0.3, -0.25) is 4.79 Å². The fourth-order valence-corrected chi connectivity index (χ4v) is 2.36. The molecule has 0 aromatic heterocycles. The number of terminal acetylenes is 1. The molecule has 1 amide bonds. The molecular formula is C20H29N3O. The average molecular weight is 327 g/mol. The van der Waals surface area contributed by atoms with Crippen LogP contribution in [0.3, 0.4) is 0 Å². The molecule has 24 heavy (non-hydrogen) atoms. The van der Waals surface area contributed by atoms with Crippen molar-refractivity contribution >= 4 is 5.91 Å². The van der Waals surface area contributed by atoms with Crippen molar-refractivity contribution in [3.63, 3.8) is 0 Å². The van der Waals surface area contributed by atoms with Gasteiger partial charge >= 0.3 is 0 Å². The predicted octanol–water partition coefficient (Wildman–Crippen LogP) is 4.84. The van der Waals surface area contributed by atoms with Gasteiger partial charge in [0.2, 0.25) is 5.91 Å². The number of primary amides is 1. The molecule has 0 saturated heterocycles. The number of amides is 1. The lowest BCUT2D eigenvalue weighted by atomic mass is 10.0. The number of hydrogen-bond acceptors (Lipinski definition) is 3. The monoisotopic (exact) mass is 327 g/mol. The van der Waals surface area contributed by atoms with Gasteiger partial charge in [-0.1, -0.05) is 36.5 Å². The van der Waals surface area contributed by atoms with Gasteiger partial charge < -0.3 is 5.73 Å². The Kier molecular flexibility index (Phi) is 10.2. The van der Waals surface area contributed by atoms with Crippen molar-refractivity contribution in [2.24, 2.45) is 16.0 Å². The zero-order valence-corrected chi connectivity index (χ0v) is 14.5. The van der Waals surface area contributed by atoms with E-state index in [9.17, 15) is 4.79 Å². The summed E-state index contributed by atoms with van der Waals surface area (Å²) in [5.74, 6) is 2.43. The van der Waals surface area contributed by atoms with E-state index in [1.165, 1.54) is 0 Å². The molecule has 1 rings (SSSR count). The fraction of sp³-hybridized carbons (Fsp3) is 0.550. The molecule has 0 fully saturated rings. The van der Waals surface area contributed by atoms with Gasteiger partial charge in [-0.05, 0) is 51.4 Å². The van der Waals surface area contributed by atoms with E-state index in [-0.39, 0.29) is 11.6 Å². The third-order valence-electron chi connectivity index (χ3n) is 3.83. The van der Waals surface area contributed by atoms with Crippen LogP contribution in [0.25, 0.3) is 0 Å². The highest BCUT2D eigenvalue weighted by Gasteiger charge is 2.37. The van der Waals surface area contributed by atoms with E-state index < -0.39 is 0 Å². The Balaban J connectivity index is 1.97. The molecule has 0 aromatic carbocycles. The lowest BCUT2D eigenvalue weighted by Gasteiger charge is -2.06. The molecule has 0 aromatic rings. The van der Waals surface area contributed by atoms with Crippen LogP contribution in [0.1, 0.15) is 64.2 Å². The molecule has 4 nitrogen and oxygen atoms in total. The highest BCUT2D eigenvalue weighted by atomic mass is 16.1. The van der Waals surface area contributed by atoms with Crippen molar-refractivity contribution < 1.29 is 4.79 Å². The topological polar surface area (TPSA) is 67.8 Å².